The Morgan fingerprint density at radius 2 is 2.04 bits per heavy atom. The van der Waals surface area contributed by atoms with Gasteiger partial charge in [0.1, 0.15) is 0 Å². The highest BCUT2D eigenvalue weighted by atomic mass is 32.2. The molecule has 6 heteroatoms. The van der Waals surface area contributed by atoms with E-state index in [1.54, 1.807) is 31.3 Å². The van der Waals surface area contributed by atoms with Gasteiger partial charge in [-0.3, -0.25) is 9.71 Å². The number of aliphatic imine (C=N–C) groups is 1. The molecule has 0 radical (unpaired) electrons. The number of benzene rings is 1. The van der Waals surface area contributed by atoms with Gasteiger partial charge in [-0.1, -0.05) is 32.9 Å². The molecular weight excluding hydrogens is 344 g/mol. The summed E-state index contributed by atoms with van der Waals surface area (Å²) in [6.07, 6.45) is 8.65. The molecule has 142 valence electrons. The summed E-state index contributed by atoms with van der Waals surface area (Å²) < 4.78 is 3.49. The first-order chi connectivity index (χ1) is 12.6. The largest absolute Gasteiger partial charge is 0.334 e. The van der Waals surface area contributed by atoms with Crippen LogP contribution in [0.1, 0.15) is 33.1 Å². The Morgan fingerprint density at radius 1 is 1.31 bits per heavy atom. The van der Waals surface area contributed by atoms with Crippen molar-refractivity contribution in [2.24, 2.45) is 4.99 Å². The third-order valence-electron chi connectivity index (χ3n) is 3.74. The van der Waals surface area contributed by atoms with Crippen molar-refractivity contribution in [2.75, 3.05) is 18.9 Å². The predicted octanol–water partition coefficient (Wildman–Crippen LogP) is 4.80. The molecule has 5 nitrogen and oxygen atoms in total. The number of nitrogens with one attached hydrogen (secondary N) is 3. The second-order valence-electron chi connectivity index (χ2n) is 5.80. The molecule has 0 spiro atoms. The quantitative estimate of drug-likeness (QED) is 0.296. The predicted molar refractivity (Wildman–Crippen MR) is 114 cm³/mol. The van der Waals surface area contributed by atoms with Crippen LogP contribution in [-0.4, -0.2) is 31.9 Å². The van der Waals surface area contributed by atoms with Crippen LogP contribution in [0.2, 0.25) is 0 Å². The lowest BCUT2D eigenvalue weighted by Gasteiger charge is -2.15. The lowest BCUT2D eigenvalue weighted by Crippen LogP contribution is -2.30. The minimum absolute atomic E-state index is 0.251. The summed E-state index contributed by atoms with van der Waals surface area (Å²) in [6, 6.07) is 8.07. The van der Waals surface area contributed by atoms with Gasteiger partial charge in [0.05, 0.1) is 0 Å². The van der Waals surface area contributed by atoms with Crippen LogP contribution < -0.4 is 15.4 Å². The number of hydrogen-bond acceptors (Lipinski definition) is 4. The first kappa shape index (κ1) is 22.0. The maximum absolute atomic E-state index is 12.0. The Kier molecular flexibility index (Phi) is 11.2. The Morgan fingerprint density at radius 3 is 2.62 bits per heavy atom. The smallest absolute Gasteiger partial charge is 0.319 e. The van der Waals surface area contributed by atoms with Crippen LogP contribution in [0.3, 0.4) is 0 Å². The number of hydrogen-bond donors (Lipinski definition) is 3. The first-order valence-electron chi connectivity index (χ1n) is 8.93. The standard InChI is InChI=1S/C20H30N4OS/c1-5-8-17(7-3)24-26-19-11-9-18(10-12-19)23-20(25)22-15-16(6-2)13-14-21-4/h6,9-14,17,24H,2,5,7-8,15H2,1,3-4H3,(H2,22,23,25)/b16-13+,21-14?. The molecule has 0 aliphatic heterocycles. The van der Waals surface area contributed by atoms with E-state index in [1.165, 1.54) is 12.8 Å². The van der Waals surface area contributed by atoms with E-state index >= 15 is 0 Å². The zero-order valence-corrected chi connectivity index (χ0v) is 16.7. The Balaban J connectivity index is 2.46. The summed E-state index contributed by atoms with van der Waals surface area (Å²) in [5.74, 6) is 0. The van der Waals surface area contributed by atoms with Crippen molar-refractivity contribution >= 4 is 29.9 Å². The van der Waals surface area contributed by atoms with Crippen LogP contribution in [-0.2, 0) is 0 Å². The minimum Gasteiger partial charge on any atom is -0.334 e. The summed E-state index contributed by atoms with van der Waals surface area (Å²) in [6.45, 7) is 8.52. The highest BCUT2D eigenvalue weighted by molar-refractivity contribution is 7.97. The number of nitrogens with zero attached hydrogens (tertiary/aromatic N) is 1. The fourth-order valence-corrected chi connectivity index (χ4v) is 3.04. The van der Waals surface area contributed by atoms with E-state index in [0.717, 1.165) is 22.6 Å². The zero-order chi connectivity index (χ0) is 19.2. The first-order valence-corrected chi connectivity index (χ1v) is 9.75. The van der Waals surface area contributed by atoms with Gasteiger partial charge in [0.25, 0.3) is 0 Å². The number of rotatable bonds is 11. The van der Waals surface area contributed by atoms with Crippen molar-refractivity contribution in [1.29, 1.82) is 0 Å². The molecule has 0 saturated heterocycles. The molecule has 0 bridgehead atoms. The van der Waals surface area contributed by atoms with E-state index in [0.29, 0.717) is 12.6 Å². The van der Waals surface area contributed by atoms with E-state index in [-0.39, 0.29) is 6.03 Å². The molecule has 1 unspecified atom stereocenters. The fraction of sp³-hybridized carbons (Fsp3) is 0.400. The van der Waals surface area contributed by atoms with Gasteiger partial charge in [-0.25, -0.2) is 4.79 Å². The average molecular weight is 375 g/mol. The zero-order valence-electron chi connectivity index (χ0n) is 15.9. The van der Waals surface area contributed by atoms with Crippen LogP contribution in [0.4, 0.5) is 10.5 Å². The molecule has 3 N–H and O–H groups in total. The summed E-state index contributed by atoms with van der Waals surface area (Å²) in [5, 5.41) is 5.62. The SMILES string of the molecule is C=C/C(=C\C=NC)CNC(=O)Nc1ccc(SNC(CC)CCC)cc1. The molecule has 26 heavy (non-hydrogen) atoms. The third kappa shape index (κ3) is 8.87. The fourth-order valence-electron chi connectivity index (χ4n) is 2.18. The monoisotopic (exact) mass is 374 g/mol. The third-order valence-corrected chi connectivity index (χ3v) is 4.70. The summed E-state index contributed by atoms with van der Waals surface area (Å²) in [5.41, 5.74) is 1.65. The van der Waals surface area contributed by atoms with Crippen molar-refractivity contribution in [2.45, 2.75) is 44.0 Å². The highest BCUT2D eigenvalue weighted by Gasteiger charge is 2.06. The van der Waals surface area contributed by atoms with E-state index in [9.17, 15) is 4.79 Å². The van der Waals surface area contributed by atoms with Crippen LogP contribution in [0, 0.1) is 0 Å². The molecule has 1 aromatic carbocycles. The van der Waals surface area contributed by atoms with Crippen molar-refractivity contribution < 1.29 is 4.79 Å². The molecule has 1 rings (SSSR count). The summed E-state index contributed by atoms with van der Waals surface area (Å²) >= 11 is 1.64. The van der Waals surface area contributed by atoms with Gasteiger partial charge in [0, 0.05) is 36.4 Å². The molecule has 1 atom stereocenters. The minimum atomic E-state index is -0.251. The van der Waals surface area contributed by atoms with Gasteiger partial charge in [0.2, 0.25) is 0 Å². The Hall–Kier alpha value is -2.05. The Labute approximate surface area is 161 Å². The topological polar surface area (TPSA) is 65.5 Å². The molecule has 0 saturated carbocycles. The number of carbonyl (C=O) groups is 1. The van der Waals surface area contributed by atoms with Crippen LogP contribution >= 0.6 is 11.9 Å². The number of carbonyl (C=O) groups excluding carboxylic acids is 1. The van der Waals surface area contributed by atoms with Gasteiger partial charge in [-0.05, 0) is 60.7 Å². The van der Waals surface area contributed by atoms with E-state index < -0.39 is 0 Å². The van der Waals surface area contributed by atoms with Crippen LogP contribution in [0.25, 0.3) is 0 Å². The number of urea groups is 1. The number of allylic oxidation sites excluding steroid dienone is 1. The van der Waals surface area contributed by atoms with Gasteiger partial charge < -0.3 is 10.6 Å². The highest BCUT2D eigenvalue weighted by Crippen LogP contribution is 2.19. The second kappa shape index (κ2) is 13.2. The van der Waals surface area contributed by atoms with Crippen molar-refractivity contribution in [3.63, 3.8) is 0 Å². The molecule has 2 amide bonds. The molecule has 0 aliphatic carbocycles. The maximum atomic E-state index is 12.0. The maximum Gasteiger partial charge on any atom is 0.319 e. The van der Waals surface area contributed by atoms with Gasteiger partial charge in [0.15, 0.2) is 0 Å². The molecule has 0 fully saturated rings. The van der Waals surface area contributed by atoms with E-state index in [4.69, 9.17) is 0 Å². The average Bonchev–Trinajstić information content (AvgIpc) is 2.66. The molecule has 0 heterocycles. The molecular formula is C20H30N4OS. The van der Waals surface area contributed by atoms with Crippen molar-refractivity contribution in [3.8, 4) is 0 Å². The van der Waals surface area contributed by atoms with Crippen molar-refractivity contribution in [3.05, 3.63) is 48.6 Å². The Bertz CT molecular complexity index is 611. The van der Waals surface area contributed by atoms with E-state index in [1.807, 2.05) is 30.3 Å². The molecule has 1 aromatic rings. The second-order valence-corrected chi connectivity index (χ2v) is 6.71. The normalized spacial score (nSPS) is 12.8. The van der Waals surface area contributed by atoms with Crippen LogP contribution in [0.5, 0.6) is 0 Å². The van der Waals surface area contributed by atoms with Gasteiger partial charge >= 0.3 is 6.03 Å². The van der Waals surface area contributed by atoms with E-state index in [2.05, 4.69) is 40.8 Å². The summed E-state index contributed by atoms with van der Waals surface area (Å²) in [4.78, 5) is 17.0. The number of amides is 2. The van der Waals surface area contributed by atoms with Gasteiger partial charge in [-0.2, -0.15) is 0 Å². The molecule has 0 aliphatic rings. The number of anilines is 1. The van der Waals surface area contributed by atoms with Gasteiger partial charge in [-0.15, -0.1) is 0 Å². The van der Waals surface area contributed by atoms with Crippen molar-refractivity contribution in [1.82, 2.24) is 10.0 Å². The summed E-state index contributed by atoms with van der Waals surface area (Å²) in [7, 11) is 1.70. The molecule has 0 aromatic heterocycles. The lowest BCUT2D eigenvalue weighted by molar-refractivity contribution is 0.253. The lowest BCUT2D eigenvalue weighted by atomic mass is 10.1. The van der Waals surface area contributed by atoms with Crippen LogP contribution in [0.15, 0.2) is 58.5 Å².